The SMILES string of the molecule is O=C=Nc1cc(I)ccc1C(F)(F)F. The lowest BCUT2D eigenvalue weighted by atomic mass is 10.2. The first-order valence-corrected chi connectivity index (χ1v) is 4.47. The first-order chi connectivity index (χ1) is 6.45. The Kier molecular flexibility index (Phi) is 3.28. The summed E-state index contributed by atoms with van der Waals surface area (Å²) >= 11 is 1.83. The molecular formula is C8H3F3INO. The van der Waals surface area contributed by atoms with Gasteiger partial charge in [0.15, 0.2) is 0 Å². The Hall–Kier alpha value is -0.880. The highest BCUT2D eigenvalue weighted by atomic mass is 127. The molecule has 0 fully saturated rings. The lowest BCUT2D eigenvalue weighted by Gasteiger charge is -2.08. The molecule has 0 heterocycles. The molecule has 0 aliphatic heterocycles. The number of nitrogens with zero attached hydrogens (tertiary/aromatic N) is 1. The number of hydrogen-bond donors (Lipinski definition) is 0. The number of carbonyl (C=O) groups excluding carboxylic acids is 1. The van der Waals surface area contributed by atoms with Crippen molar-refractivity contribution in [1.82, 2.24) is 0 Å². The van der Waals surface area contributed by atoms with E-state index in [9.17, 15) is 18.0 Å². The van der Waals surface area contributed by atoms with Gasteiger partial charge in [0, 0.05) is 3.57 Å². The van der Waals surface area contributed by atoms with E-state index >= 15 is 0 Å². The minimum absolute atomic E-state index is 0.403. The predicted molar refractivity (Wildman–Crippen MR) is 51.9 cm³/mol. The maximum absolute atomic E-state index is 12.3. The van der Waals surface area contributed by atoms with E-state index in [0.29, 0.717) is 3.57 Å². The summed E-state index contributed by atoms with van der Waals surface area (Å²) in [6.45, 7) is 0. The fraction of sp³-hybridized carbons (Fsp3) is 0.125. The van der Waals surface area contributed by atoms with Crippen molar-refractivity contribution < 1.29 is 18.0 Å². The van der Waals surface area contributed by atoms with Crippen molar-refractivity contribution in [2.75, 3.05) is 0 Å². The highest BCUT2D eigenvalue weighted by Crippen LogP contribution is 2.36. The second kappa shape index (κ2) is 4.10. The molecule has 2 nitrogen and oxygen atoms in total. The van der Waals surface area contributed by atoms with E-state index in [2.05, 4.69) is 4.99 Å². The number of rotatable bonds is 1. The monoisotopic (exact) mass is 313 g/mol. The lowest BCUT2D eigenvalue weighted by molar-refractivity contribution is -0.137. The van der Waals surface area contributed by atoms with Crippen LogP contribution >= 0.6 is 22.6 Å². The average Bonchev–Trinajstić information content (AvgIpc) is 2.02. The number of alkyl halides is 3. The quantitative estimate of drug-likeness (QED) is 0.444. The first kappa shape index (κ1) is 11.2. The van der Waals surface area contributed by atoms with E-state index in [-0.39, 0.29) is 0 Å². The van der Waals surface area contributed by atoms with Gasteiger partial charge in [0.1, 0.15) is 0 Å². The minimum Gasteiger partial charge on any atom is -0.211 e. The molecule has 0 aliphatic rings. The molecule has 0 atom stereocenters. The molecule has 0 aromatic heterocycles. The van der Waals surface area contributed by atoms with Crippen LogP contribution in [-0.2, 0) is 11.0 Å². The fourth-order valence-electron chi connectivity index (χ4n) is 0.886. The second-order valence-corrected chi connectivity index (χ2v) is 3.61. The molecule has 0 unspecified atom stereocenters. The van der Waals surface area contributed by atoms with Crippen molar-refractivity contribution in [3.05, 3.63) is 27.3 Å². The number of benzene rings is 1. The summed E-state index contributed by atoms with van der Waals surface area (Å²) in [5.41, 5.74) is -1.33. The third-order valence-electron chi connectivity index (χ3n) is 1.43. The molecule has 74 valence electrons. The molecule has 0 radical (unpaired) electrons. The largest absolute Gasteiger partial charge is 0.418 e. The molecule has 0 spiro atoms. The summed E-state index contributed by atoms with van der Waals surface area (Å²) in [6, 6.07) is 3.36. The number of hydrogen-bond acceptors (Lipinski definition) is 2. The van der Waals surface area contributed by atoms with Gasteiger partial charge in [0.2, 0.25) is 6.08 Å². The van der Waals surface area contributed by atoms with Crippen molar-refractivity contribution in [2.45, 2.75) is 6.18 Å². The molecule has 6 heteroatoms. The van der Waals surface area contributed by atoms with Gasteiger partial charge in [-0.15, -0.1) is 0 Å². The van der Waals surface area contributed by atoms with Gasteiger partial charge in [0.25, 0.3) is 0 Å². The van der Waals surface area contributed by atoms with Gasteiger partial charge in [0.05, 0.1) is 11.3 Å². The van der Waals surface area contributed by atoms with Crippen molar-refractivity contribution in [2.24, 2.45) is 4.99 Å². The maximum Gasteiger partial charge on any atom is 0.418 e. The van der Waals surface area contributed by atoms with Crippen LogP contribution in [0.15, 0.2) is 23.2 Å². The Morgan fingerprint density at radius 2 is 2.00 bits per heavy atom. The summed E-state index contributed by atoms with van der Waals surface area (Å²) in [6.07, 6.45) is -3.40. The highest BCUT2D eigenvalue weighted by molar-refractivity contribution is 14.1. The summed E-state index contributed by atoms with van der Waals surface area (Å²) < 4.78 is 37.5. The summed E-state index contributed by atoms with van der Waals surface area (Å²) in [5.74, 6) is 0. The number of isocyanates is 1. The Bertz CT molecular complexity index is 396. The van der Waals surface area contributed by atoms with Gasteiger partial charge in [-0.25, -0.2) is 4.79 Å². The molecule has 0 amide bonds. The smallest absolute Gasteiger partial charge is 0.211 e. The molecule has 14 heavy (non-hydrogen) atoms. The third-order valence-corrected chi connectivity index (χ3v) is 2.10. The van der Waals surface area contributed by atoms with Crippen LogP contribution in [0.5, 0.6) is 0 Å². The van der Waals surface area contributed by atoms with E-state index in [1.165, 1.54) is 12.1 Å². The van der Waals surface area contributed by atoms with Crippen LogP contribution in [0, 0.1) is 3.57 Å². The molecule has 1 aromatic rings. The van der Waals surface area contributed by atoms with Crippen molar-refractivity contribution >= 4 is 34.4 Å². The van der Waals surface area contributed by atoms with Crippen LogP contribution in [0.4, 0.5) is 18.9 Å². The molecule has 0 bridgehead atoms. The summed E-state index contributed by atoms with van der Waals surface area (Å²) in [5, 5.41) is 0. The van der Waals surface area contributed by atoms with Crippen LogP contribution in [0.3, 0.4) is 0 Å². The third kappa shape index (κ3) is 2.55. The summed E-state index contributed by atoms with van der Waals surface area (Å²) in [4.78, 5) is 12.9. The van der Waals surface area contributed by atoms with Crippen molar-refractivity contribution in [3.8, 4) is 0 Å². The zero-order valence-electron chi connectivity index (χ0n) is 6.60. The summed E-state index contributed by atoms with van der Waals surface area (Å²) in [7, 11) is 0. The number of halogens is 4. The molecule has 0 saturated carbocycles. The van der Waals surface area contributed by atoms with Crippen molar-refractivity contribution in [1.29, 1.82) is 0 Å². The van der Waals surface area contributed by atoms with E-state index in [0.717, 1.165) is 12.1 Å². The Balaban J connectivity index is 3.36. The molecular weight excluding hydrogens is 310 g/mol. The predicted octanol–water partition coefficient (Wildman–Crippen LogP) is 3.28. The lowest BCUT2D eigenvalue weighted by Crippen LogP contribution is -2.05. The van der Waals surface area contributed by atoms with Crippen LogP contribution < -0.4 is 0 Å². The molecule has 1 rings (SSSR count). The fourth-order valence-corrected chi connectivity index (χ4v) is 1.36. The first-order valence-electron chi connectivity index (χ1n) is 3.40. The van der Waals surface area contributed by atoms with Gasteiger partial charge >= 0.3 is 6.18 Å². The van der Waals surface area contributed by atoms with Crippen LogP contribution in [0.25, 0.3) is 0 Å². The van der Waals surface area contributed by atoms with Crippen LogP contribution in [0.1, 0.15) is 5.56 Å². The zero-order chi connectivity index (χ0) is 10.8. The highest BCUT2D eigenvalue weighted by Gasteiger charge is 2.33. The topological polar surface area (TPSA) is 29.4 Å². The molecule has 1 aromatic carbocycles. The molecule has 0 N–H and O–H groups in total. The molecule has 0 saturated heterocycles. The Morgan fingerprint density at radius 3 is 2.50 bits per heavy atom. The standard InChI is InChI=1S/C8H3F3INO/c9-8(10,11)6-2-1-5(12)3-7(6)13-4-14/h1-3H. The van der Waals surface area contributed by atoms with Crippen molar-refractivity contribution in [3.63, 3.8) is 0 Å². The van der Waals surface area contributed by atoms with Crippen LogP contribution in [-0.4, -0.2) is 6.08 Å². The normalized spacial score (nSPS) is 10.9. The Morgan fingerprint density at radius 1 is 1.36 bits per heavy atom. The van der Waals surface area contributed by atoms with Crippen LogP contribution in [0.2, 0.25) is 0 Å². The van der Waals surface area contributed by atoms with Gasteiger partial charge < -0.3 is 0 Å². The Labute approximate surface area is 91.0 Å². The van der Waals surface area contributed by atoms with Gasteiger partial charge in [-0.2, -0.15) is 18.2 Å². The van der Waals surface area contributed by atoms with Gasteiger partial charge in [-0.1, -0.05) is 0 Å². The van der Waals surface area contributed by atoms with E-state index in [1.54, 1.807) is 0 Å². The second-order valence-electron chi connectivity index (χ2n) is 2.36. The van der Waals surface area contributed by atoms with E-state index < -0.39 is 17.4 Å². The van der Waals surface area contributed by atoms with E-state index in [4.69, 9.17) is 0 Å². The van der Waals surface area contributed by atoms with Gasteiger partial charge in [-0.3, -0.25) is 0 Å². The molecule has 0 aliphatic carbocycles. The van der Waals surface area contributed by atoms with E-state index in [1.807, 2.05) is 22.6 Å². The maximum atomic E-state index is 12.3. The van der Waals surface area contributed by atoms with Gasteiger partial charge in [-0.05, 0) is 40.8 Å². The average molecular weight is 313 g/mol. The minimum atomic E-state index is -4.50. The number of aliphatic imine (C=N–C) groups is 1. The zero-order valence-corrected chi connectivity index (χ0v) is 8.76.